The molecule has 0 aliphatic rings. The van der Waals surface area contributed by atoms with Gasteiger partial charge in [0, 0.05) is 4.90 Å². The van der Waals surface area contributed by atoms with E-state index in [1.165, 1.54) is 24.3 Å². The fourth-order valence-corrected chi connectivity index (χ4v) is 2.12. The van der Waals surface area contributed by atoms with E-state index in [2.05, 4.69) is 8.83 Å². The van der Waals surface area contributed by atoms with Crippen LogP contribution < -0.4 is 5.82 Å². The summed E-state index contributed by atoms with van der Waals surface area (Å²) >= 11 is 0. The van der Waals surface area contributed by atoms with Gasteiger partial charge in [-0.2, -0.15) is 8.78 Å². The molecule has 0 bridgehead atoms. The summed E-state index contributed by atoms with van der Waals surface area (Å²) in [6, 6.07) is 7.16. The Morgan fingerprint density at radius 3 is 2.35 bits per heavy atom. The van der Waals surface area contributed by atoms with Gasteiger partial charge in [0.05, 0.1) is 0 Å². The molecule has 0 N–H and O–H groups in total. The minimum Gasteiger partial charge on any atom is -0.399 e. The van der Waals surface area contributed by atoms with Crippen LogP contribution in [0, 0.1) is 0 Å². The summed E-state index contributed by atoms with van der Waals surface area (Å²) in [6.45, 7) is 0. The summed E-state index contributed by atoms with van der Waals surface area (Å²) in [4.78, 5) is 10.5. The summed E-state index contributed by atoms with van der Waals surface area (Å²) in [5, 5.41) is -3.81. The summed E-state index contributed by atoms with van der Waals surface area (Å²) in [7, 11) is -2.66. The third kappa shape index (κ3) is 2.19. The zero-order valence-corrected chi connectivity index (χ0v) is 9.08. The Balaban J connectivity index is 2.40. The Kier molecular flexibility index (Phi) is 2.93. The van der Waals surface area contributed by atoms with Crippen LogP contribution in [0.2, 0.25) is 0 Å². The van der Waals surface area contributed by atoms with E-state index in [9.17, 15) is 17.8 Å². The first-order chi connectivity index (χ1) is 8.01. The topological polar surface area (TPSA) is 60.4 Å². The van der Waals surface area contributed by atoms with Crippen molar-refractivity contribution in [1.29, 1.82) is 0 Å². The monoisotopic (exact) mass is 260 g/mol. The average Bonchev–Trinajstić information content (AvgIpc) is 2.77. The van der Waals surface area contributed by atoms with Gasteiger partial charge in [0.1, 0.15) is 17.1 Å². The zero-order chi connectivity index (χ0) is 12.5. The molecule has 0 amide bonds. The van der Waals surface area contributed by atoms with E-state index in [4.69, 9.17) is 0 Å². The van der Waals surface area contributed by atoms with E-state index in [0.29, 0.717) is 6.26 Å². The molecule has 0 saturated heterocycles. The molecule has 0 spiro atoms. The van der Waals surface area contributed by atoms with Crippen LogP contribution in [0.5, 0.6) is 0 Å². The standard InChI is InChI=1S/C10H6F2O4S/c11-10(12,8-6-15-9(13)16-8)17(14)7-4-2-1-3-5-7/h1-6H. The van der Waals surface area contributed by atoms with E-state index in [0.717, 1.165) is 0 Å². The third-order valence-electron chi connectivity index (χ3n) is 1.93. The SMILES string of the molecule is O=c1occ(C(F)(F)S(=O)c2ccccc2)o1. The molecule has 17 heavy (non-hydrogen) atoms. The predicted molar refractivity (Wildman–Crippen MR) is 54.0 cm³/mol. The molecule has 1 heterocycles. The Bertz CT molecular complexity index is 588. The Hall–Kier alpha value is -1.76. The number of rotatable bonds is 3. The zero-order valence-electron chi connectivity index (χ0n) is 8.26. The van der Waals surface area contributed by atoms with Gasteiger partial charge in [-0.15, -0.1) is 0 Å². The van der Waals surface area contributed by atoms with Gasteiger partial charge in [-0.1, -0.05) is 18.2 Å². The first-order valence-corrected chi connectivity index (χ1v) is 5.60. The minimum atomic E-state index is -3.81. The molecule has 90 valence electrons. The van der Waals surface area contributed by atoms with Gasteiger partial charge >= 0.3 is 11.1 Å². The van der Waals surface area contributed by atoms with Gasteiger partial charge < -0.3 is 8.83 Å². The van der Waals surface area contributed by atoms with Crippen LogP contribution in [-0.4, -0.2) is 4.21 Å². The van der Waals surface area contributed by atoms with Gasteiger partial charge in [0.2, 0.25) is 5.76 Å². The third-order valence-corrected chi connectivity index (χ3v) is 3.30. The van der Waals surface area contributed by atoms with Crippen molar-refractivity contribution < 1.29 is 21.8 Å². The highest BCUT2D eigenvalue weighted by atomic mass is 32.2. The molecular formula is C10H6F2O4S. The molecule has 2 rings (SSSR count). The van der Waals surface area contributed by atoms with Gasteiger partial charge in [-0.25, -0.2) is 9.00 Å². The molecule has 4 nitrogen and oxygen atoms in total. The average molecular weight is 260 g/mol. The van der Waals surface area contributed by atoms with Crippen LogP contribution in [0.15, 0.2) is 55.1 Å². The smallest absolute Gasteiger partial charge is 0.399 e. The molecule has 1 aromatic carbocycles. The van der Waals surface area contributed by atoms with Gasteiger partial charge in [-0.3, -0.25) is 0 Å². The second kappa shape index (κ2) is 4.25. The first kappa shape index (κ1) is 11.7. The lowest BCUT2D eigenvalue weighted by Crippen LogP contribution is -2.20. The summed E-state index contributed by atoms with van der Waals surface area (Å²) in [5.74, 6) is -2.31. The maximum atomic E-state index is 13.7. The summed E-state index contributed by atoms with van der Waals surface area (Å²) < 4.78 is 47.2. The number of hydrogen-bond acceptors (Lipinski definition) is 4. The van der Waals surface area contributed by atoms with Crippen molar-refractivity contribution in [1.82, 2.24) is 0 Å². The van der Waals surface area contributed by atoms with Gasteiger partial charge in [-0.05, 0) is 12.1 Å². The molecule has 0 fully saturated rings. The summed E-state index contributed by atoms with van der Waals surface area (Å²) in [6.07, 6.45) is 0.461. The lowest BCUT2D eigenvalue weighted by Gasteiger charge is -2.11. The van der Waals surface area contributed by atoms with E-state index in [-0.39, 0.29) is 4.90 Å². The van der Waals surface area contributed by atoms with E-state index in [1.807, 2.05) is 0 Å². The number of halogens is 2. The molecule has 1 aromatic heterocycles. The lowest BCUT2D eigenvalue weighted by atomic mass is 10.4. The number of alkyl halides is 2. The molecule has 1 atom stereocenters. The molecule has 0 aliphatic carbocycles. The van der Waals surface area contributed by atoms with Crippen molar-refractivity contribution in [2.75, 3.05) is 0 Å². The Morgan fingerprint density at radius 2 is 1.82 bits per heavy atom. The van der Waals surface area contributed by atoms with E-state index < -0.39 is 27.6 Å². The molecule has 1 unspecified atom stereocenters. The fourth-order valence-electron chi connectivity index (χ4n) is 1.15. The normalized spacial score (nSPS) is 13.5. The number of hydrogen-bond donors (Lipinski definition) is 0. The highest BCUT2D eigenvalue weighted by molar-refractivity contribution is 7.85. The maximum Gasteiger partial charge on any atom is 0.518 e. The van der Waals surface area contributed by atoms with E-state index >= 15 is 0 Å². The minimum absolute atomic E-state index is 0.0682. The highest BCUT2D eigenvalue weighted by Gasteiger charge is 2.44. The first-order valence-electron chi connectivity index (χ1n) is 4.45. The second-order valence-corrected chi connectivity index (χ2v) is 4.57. The van der Waals surface area contributed by atoms with Crippen LogP contribution in [-0.2, 0) is 16.1 Å². The number of benzene rings is 1. The van der Waals surface area contributed by atoms with Crippen molar-refractivity contribution in [2.24, 2.45) is 0 Å². The fraction of sp³-hybridized carbons (Fsp3) is 0.100. The molecule has 0 radical (unpaired) electrons. The quantitative estimate of drug-likeness (QED) is 0.847. The van der Waals surface area contributed by atoms with Crippen molar-refractivity contribution in [3.05, 3.63) is 53.0 Å². The van der Waals surface area contributed by atoms with Crippen LogP contribution >= 0.6 is 0 Å². The molecule has 0 aliphatic heterocycles. The van der Waals surface area contributed by atoms with Crippen molar-refractivity contribution >= 4 is 10.8 Å². The summed E-state index contributed by atoms with van der Waals surface area (Å²) in [5.41, 5.74) is 0. The molecule has 0 saturated carbocycles. The van der Waals surface area contributed by atoms with Crippen molar-refractivity contribution in [3.63, 3.8) is 0 Å². The van der Waals surface area contributed by atoms with Crippen LogP contribution in [0.4, 0.5) is 8.78 Å². The molecular weight excluding hydrogens is 254 g/mol. The Morgan fingerprint density at radius 1 is 1.18 bits per heavy atom. The second-order valence-electron chi connectivity index (χ2n) is 3.05. The Labute approximate surface area is 96.3 Å². The van der Waals surface area contributed by atoms with E-state index in [1.54, 1.807) is 6.07 Å². The van der Waals surface area contributed by atoms with Gasteiger partial charge in [0.15, 0.2) is 0 Å². The predicted octanol–water partition coefficient (Wildman–Crippen LogP) is 2.09. The van der Waals surface area contributed by atoms with Gasteiger partial charge in [0.25, 0.3) is 0 Å². The van der Waals surface area contributed by atoms with Crippen LogP contribution in [0.25, 0.3) is 0 Å². The van der Waals surface area contributed by atoms with Crippen molar-refractivity contribution in [3.8, 4) is 0 Å². The molecule has 2 aromatic rings. The molecule has 7 heteroatoms. The maximum absolute atomic E-state index is 13.7. The van der Waals surface area contributed by atoms with Crippen molar-refractivity contribution in [2.45, 2.75) is 10.2 Å². The van der Waals surface area contributed by atoms with Crippen LogP contribution in [0.3, 0.4) is 0 Å². The lowest BCUT2D eigenvalue weighted by molar-refractivity contribution is 0.0696. The van der Waals surface area contributed by atoms with Crippen LogP contribution in [0.1, 0.15) is 5.76 Å². The largest absolute Gasteiger partial charge is 0.518 e. The highest BCUT2D eigenvalue weighted by Crippen LogP contribution is 2.34.